The first kappa shape index (κ1) is 11.5. The molecule has 3 atom stereocenters. The monoisotopic (exact) mass is 288 g/mol. The Bertz CT molecular complexity index is 418. The SMILES string of the molecule is O=C(O)C1CC2(Cl)C(=O)C1(Cl)C(Cl)=C2Cl. The molecule has 2 bridgehead atoms. The molecule has 2 aliphatic rings. The summed E-state index contributed by atoms with van der Waals surface area (Å²) in [5.74, 6) is -2.97. The number of aliphatic carboxylic acids is 1. The van der Waals surface area contributed by atoms with E-state index in [4.69, 9.17) is 51.5 Å². The van der Waals surface area contributed by atoms with Gasteiger partial charge in [-0.3, -0.25) is 9.59 Å². The number of carboxylic acid groups (broad SMARTS) is 1. The lowest BCUT2D eigenvalue weighted by Gasteiger charge is -2.24. The molecule has 82 valence electrons. The fourth-order valence-corrected chi connectivity index (χ4v) is 3.65. The van der Waals surface area contributed by atoms with Gasteiger partial charge < -0.3 is 5.11 Å². The van der Waals surface area contributed by atoms with E-state index in [0.29, 0.717) is 0 Å². The molecule has 0 aromatic rings. The van der Waals surface area contributed by atoms with Crippen LogP contribution in [0.15, 0.2) is 10.1 Å². The van der Waals surface area contributed by atoms with Gasteiger partial charge in [-0.25, -0.2) is 0 Å². The van der Waals surface area contributed by atoms with E-state index in [1.165, 1.54) is 0 Å². The summed E-state index contributed by atoms with van der Waals surface area (Å²) in [6.45, 7) is 0. The number of rotatable bonds is 1. The highest BCUT2D eigenvalue weighted by Crippen LogP contribution is 2.62. The van der Waals surface area contributed by atoms with Gasteiger partial charge in [-0.15, -0.1) is 23.2 Å². The molecule has 3 nitrogen and oxygen atoms in total. The molecule has 1 fully saturated rings. The second kappa shape index (κ2) is 3.04. The van der Waals surface area contributed by atoms with E-state index in [9.17, 15) is 9.59 Å². The molecule has 0 aromatic heterocycles. The third-order valence-corrected chi connectivity index (χ3v) is 5.24. The van der Waals surface area contributed by atoms with Crippen molar-refractivity contribution in [1.82, 2.24) is 0 Å². The first-order valence-corrected chi connectivity index (χ1v) is 5.49. The highest BCUT2D eigenvalue weighted by atomic mass is 35.5. The van der Waals surface area contributed by atoms with Crippen LogP contribution in [0.1, 0.15) is 6.42 Å². The molecule has 0 spiro atoms. The summed E-state index contributed by atoms with van der Waals surface area (Å²) in [7, 11) is 0. The zero-order valence-corrected chi connectivity index (χ0v) is 10.1. The molecule has 0 saturated heterocycles. The Morgan fingerprint density at radius 3 is 2.20 bits per heavy atom. The average molecular weight is 290 g/mol. The molecule has 15 heavy (non-hydrogen) atoms. The number of carbonyl (C=O) groups excluding carboxylic acids is 1. The molecule has 1 saturated carbocycles. The number of ketones is 1. The number of Topliss-reactive ketones (excluding diaryl/α,β-unsaturated/α-hetero) is 1. The normalized spacial score (nSPS) is 44.0. The van der Waals surface area contributed by atoms with Gasteiger partial charge in [0.15, 0.2) is 10.7 Å². The van der Waals surface area contributed by atoms with Crippen LogP contribution in [0.4, 0.5) is 0 Å². The smallest absolute Gasteiger partial charge is 0.309 e. The van der Waals surface area contributed by atoms with E-state index in [1.54, 1.807) is 0 Å². The van der Waals surface area contributed by atoms with Crippen LogP contribution >= 0.6 is 46.4 Å². The maximum absolute atomic E-state index is 11.8. The zero-order valence-electron chi connectivity index (χ0n) is 7.06. The van der Waals surface area contributed by atoms with E-state index in [1.807, 2.05) is 0 Å². The molecule has 0 amide bonds. The summed E-state index contributed by atoms with van der Waals surface area (Å²) in [4.78, 5) is 19.4. The molecule has 2 rings (SSSR count). The lowest BCUT2D eigenvalue weighted by Crippen LogP contribution is -2.37. The molecule has 2 aliphatic carbocycles. The van der Waals surface area contributed by atoms with Gasteiger partial charge in [0, 0.05) is 0 Å². The predicted octanol–water partition coefficient (Wildman–Crippen LogP) is 2.32. The first-order valence-electron chi connectivity index (χ1n) is 3.98. The maximum Gasteiger partial charge on any atom is 0.309 e. The summed E-state index contributed by atoms with van der Waals surface area (Å²) in [5, 5.41) is 8.70. The van der Waals surface area contributed by atoms with Crippen LogP contribution in [0.5, 0.6) is 0 Å². The lowest BCUT2D eigenvalue weighted by atomic mass is 9.92. The van der Waals surface area contributed by atoms with Gasteiger partial charge in [0.25, 0.3) is 0 Å². The number of alkyl halides is 2. The third-order valence-electron chi connectivity index (χ3n) is 2.81. The van der Waals surface area contributed by atoms with Crippen molar-refractivity contribution in [2.24, 2.45) is 5.92 Å². The Kier molecular flexibility index (Phi) is 2.33. The van der Waals surface area contributed by atoms with Crippen LogP contribution in [0.2, 0.25) is 0 Å². The quantitative estimate of drug-likeness (QED) is 0.754. The van der Waals surface area contributed by atoms with Crippen molar-refractivity contribution < 1.29 is 14.7 Å². The van der Waals surface area contributed by atoms with Crippen molar-refractivity contribution in [2.75, 3.05) is 0 Å². The zero-order chi connectivity index (χ0) is 11.6. The van der Waals surface area contributed by atoms with Crippen LogP contribution in [-0.2, 0) is 9.59 Å². The van der Waals surface area contributed by atoms with Gasteiger partial charge in [-0.1, -0.05) is 23.2 Å². The molecule has 0 aromatic carbocycles. The van der Waals surface area contributed by atoms with Gasteiger partial charge in [0.2, 0.25) is 0 Å². The Labute approximate surface area is 105 Å². The minimum Gasteiger partial charge on any atom is -0.481 e. The first-order chi connectivity index (χ1) is 6.76. The van der Waals surface area contributed by atoms with Crippen molar-refractivity contribution >= 4 is 58.2 Å². The number of carbonyl (C=O) groups is 2. The second-order valence-corrected chi connectivity index (χ2v) is 5.56. The fraction of sp³-hybridized carbons (Fsp3) is 0.500. The van der Waals surface area contributed by atoms with Crippen LogP contribution in [0.25, 0.3) is 0 Å². The van der Waals surface area contributed by atoms with E-state index < -0.39 is 27.4 Å². The second-order valence-electron chi connectivity index (χ2n) is 3.56. The molecular formula is C8H4Cl4O3. The van der Waals surface area contributed by atoms with Crippen molar-refractivity contribution in [3.05, 3.63) is 10.1 Å². The lowest BCUT2D eigenvalue weighted by molar-refractivity contribution is -0.142. The number of fused-ring (bicyclic) bond motifs is 2. The Morgan fingerprint density at radius 2 is 1.87 bits per heavy atom. The van der Waals surface area contributed by atoms with Gasteiger partial charge in [-0.2, -0.15) is 0 Å². The molecule has 3 unspecified atom stereocenters. The Balaban J connectivity index is 2.64. The minimum absolute atomic E-state index is 0.0525. The van der Waals surface area contributed by atoms with Crippen LogP contribution in [0.3, 0.4) is 0 Å². The molecule has 0 radical (unpaired) electrons. The standard InChI is InChI=1S/C8H4Cl4O3/c9-3-4(10)8(12)2(5(13)14)1-7(3,11)6(8)15/h2H,1H2,(H,13,14). The number of halogens is 4. The molecule has 1 N–H and O–H groups in total. The predicted molar refractivity (Wildman–Crippen MR) is 56.6 cm³/mol. The fourth-order valence-electron chi connectivity index (χ4n) is 1.99. The van der Waals surface area contributed by atoms with Gasteiger partial charge in [0.05, 0.1) is 16.0 Å². The van der Waals surface area contributed by atoms with Gasteiger partial charge >= 0.3 is 5.97 Å². The Morgan fingerprint density at radius 1 is 1.33 bits per heavy atom. The molecule has 0 heterocycles. The summed E-state index contributed by atoms with van der Waals surface area (Å²) >= 11 is 23.4. The van der Waals surface area contributed by atoms with Crippen LogP contribution in [-0.4, -0.2) is 26.6 Å². The summed E-state index contributed by atoms with van der Waals surface area (Å²) in [6, 6.07) is 0. The summed E-state index contributed by atoms with van der Waals surface area (Å²) in [5.41, 5.74) is 0. The highest BCUT2D eigenvalue weighted by molar-refractivity contribution is 6.63. The van der Waals surface area contributed by atoms with E-state index in [-0.39, 0.29) is 16.5 Å². The number of allylic oxidation sites excluding steroid dienone is 2. The van der Waals surface area contributed by atoms with E-state index >= 15 is 0 Å². The molecule has 0 aliphatic heterocycles. The average Bonchev–Trinajstić information content (AvgIpc) is 2.44. The van der Waals surface area contributed by atoms with Crippen molar-refractivity contribution in [1.29, 1.82) is 0 Å². The van der Waals surface area contributed by atoms with E-state index in [0.717, 1.165) is 0 Å². The minimum atomic E-state index is -1.79. The molecule has 7 heteroatoms. The highest BCUT2D eigenvalue weighted by Gasteiger charge is 2.72. The number of hydrogen-bond acceptors (Lipinski definition) is 2. The topological polar surface area (TPSA) is 54.4 Å². The summed E-state index contributed by atoms with van der Waals surface area (Å²) < 4.78 is 0. The summed E-state index contributed by atoms with van der Waals surface area (Å²) in [6.07, 6.45) is -0.124. The number of hydrogen-bond donors (Lipinski definition) is 1. The molecular weight excluding hydrogens is 286 g/mol. The van der Waals surface area contributed by atoms with Crippen molar-refractivity contribution in [2.45, 2.75) is 16.2 Å². The van der Waals surface area contributed by atoms with Crippen molar-refractivity contribution in [3.63, 3.8) is 0 Å². The van der Waals surface area contributed by atoms with Crippen LogP contribution < -0.4 is 0 Å². The van der Waals surface area contributed by atoms with Crippen molar-refractivity contribution in [3.8, 4) is 0 Å². The largest absolute Gasteiger partial charge is 0.481 e. The van der Waals surface area contributed by atoms with Crippen LogP contribution in [0, 0.1) is 5.92 Å². The van der Waals surface area contributed by atoms with E-state index in [2.05, 4.69) is 0 Å². The third kappa shape index (κ3) is 1.10. The maximum atomic E-state index is 11.8. The number of carboxylic acids is 1. The van der Waals surface area contributed by atoms with Gasteiger partial charge in [0.1, 0.15) is 4.87 Å². The van der Waals surface area contributed by atoms with Gasteiger partial charge in [-0.05, 0) is 6.42 Å². The Hall–Kier alpha value is 0.0400.